The Hall–Kier alpha value is -1.00. The van der Waals surface area contributed by atoms with Crippen molar-refractivity contribution in [3.8, 4) is 0 Å². The van der Waals surface area contributed by atoms with Crippen molar-refractivity contribution in [1.29, 1.82) is 0 Å². The van der Waals surface area contributed by atoms with Gasteiger partial charge in [0.2, 0.25) is 0 Å². The lowest BCUT2D eigenvalue weighted by atomic mass is 9.76. The van der Waals surface area contributed by atoms with Crippen LogP contribution in [0.15, 0.2) is 18.2 Å². The molecule has 1 aromatic carbocycles. The van der Waals surface area contributed by atoms with Gasteiger partial charge in [-0.05, 0) is 44.5 Å². The van der Waals surface area contributed by atoms with Crippen LogP contribution < -0.4 is 5.32 Å². The van der Waals surface area contributed by atoms with Crippen molar-refractivity contribution in [2.45, 2.75) is 57.6 Å². The molecule has 0 spiro atoms. The molecule has 2 nitrogen and oxygen atoms in total. The van der Waals surface area contributed by atoms with Gasteiger partial charge in [-0.2, -0.15) is 0 Å². The summed E-state index contributed by atoms with van der Waals surface area (Å²) in [5.74, 6) is -0.774. The number of likely N-dealkylation sites (N-methyl/N-ethyl adjacent to an activating group) is 1. The van der Waals surface area contributed by atoms with Crippen LogP contribution in [0.25, 0.3) is 0 Å². The molecule has 1 aromatic rings. The van der Waals surface area contributed by atoms with E-state index in [0.29, 0.717) is 18.7 Å². The van der Waals surface area contributed by atoms with Crippen LogP contribution in [0.4, 0.5) is 8.78 Å². The Bertz CT molecular complexity index is 453. The van der Waals surface area contributed by atoms with Crippen LogP contribution >= 0.6 is 0 Å². The van der Waals surface area contributed by atoms with E-state index < -0.39 is 11.4 Å². The van der Waals surface area contributed by atoms with Gasteiger partial charge in [0, 0.05) is 12.2 Å². The maximum absolute atomic E-state index is 14.2. The van der Waals surface area contributed by atoms with Gasteiger partial charge in [0.15, 0.2) is 0 Å². The molecular formula is C17H25F2NO. The molecule has 1 aliphatic rings. The largest absolute Gasteiger partial charge is 0.373 e. The van der Waals surface area contributed by atoms with Crippen molar-refractivity contribution >= 4 is 0 Å². The van der Waals surface area contributed by atoms with E-state index in [-0.39, 0.29) is 11.9 Å². The standard InChI is InChI=1S/C17H25F2NO/c1-3-20-16(14-12-13(18)8-9-15(14)19)17(21-4-2)10-6-5-7-11-17/h8-9,12,16,20H,3-7,10-11H2,1-2H3. The molecule has 0 bridgehead atoms. The normalized spacial score (nSPS) is 19.4. The molecule has 0 amide bonds. The zero-order valence-electron chi connectivity index (χ0n) is 12.9. The lowest BCUT2D eigenvalue weighted by Gasteiger charge is -2.44. The van der Waals surface area contributed by atoms with E-state index in [1.165, 1.54) is 18.6 Å². The Balaban J connectivity index is 2.41. The molecule has 0 radical (unpaired) electrons. The summed E-state index contributed by atoms with van der Waals surface area (Å²) < 4.78 is 33.9. The van der Waals surface area contributed by atoms with Gasteiger partial charge < -0.3 is 10.1 Å². The minimum atomic E-state index is -0.433. The highest BCUT2D eigenvalue weighted by Crippen LogP contribution is 2.42. The molecule has 1 fully saturated rings. The van der Waals surface area contributed by atoms with Gasteiger partial charge in [0.1, 0.15) is 11.6 Å². The molecule has 0 saturated heterocycles. The molecule has 1 saturated carbocycles. The van der Waals surface area contributed by atoms with Crippen molar-refractivity contribution in [1.82, 2.24) is 5.32 Å². The predicted molar refractivity (Wildman–Crippen MR) is 80.2 cm³/mol. The van der Waals surface area contributed by atoms with E-state index in [9.17, 15) is 8.78 Å². The highest BCUT2D eigenvalue weighted by Gasteiger charge is 2.42. The Labute approximate surface area is 125 Å². The fourth-order valence-electron chi connectivity index (χ4n) is 3.47. The number of rotatable bonds is 6. The number of halogens is 2. The zero-order valence-corrected chi connectivity index (χ0v) is 12.9. The van der Waals surface area contributed by atoms with Crippen molar-refractivity contribution in [3.63, 3.8) is 0 Å². The lowest BCUT2D eigenvalue weighted by molar-refractivity contribution is -0.0916. The Morgan fingerprint density at radius 2 is 1.90 bits per heavy atom. The summed E-state index contributed by atoms with van der Waals surface area (Å²) in [5.41, 5.74) is -0.0512. The second-order valence-corrected chi connectivity index (χ2v) is 5.71. The fourth-order valence-corrected chi connectivity index (χ4v) is 3.47. The average Bonchev–Trinajstić information content (AvgIpc) is 2.49. The molecule has 21 heavy (non-hydrogen) atoms. The summed E-state index contributed by atoms with van der Waals surface area (Å²) >= 11 is 0. The lowest BCUT2D eigenvalue weighted by Crippen LogP contribution is -2.48. The first-order valence-corrected chi connectivity index (χ1v) is 7.95. The third-order valence-electron chi connectivity index (χ3n) is 4.34. The summed E-state index contributed by atoms with van der Waals surface area (Å²) in [6, 6.07) is 3.37. The number of benzene rings is 1. The van der Waals surface area contributed by atoms with E-state index >= 15 is 0 Å². The van der Waals surface area contributed by atoms with Crippen LogP contribution in [-0.4, -0.2) is 18.8 Å². The van der Waals surface area contributed by atoms with Crippen LogP contribution in [0.5, 0.6) is 0 Å². The third kappa shape index (κ3) is 3.61. The number of hydrogen-bond donors (Lipinski definition) is 1. The minimum Gasteiger partial charge on any atom is -0.373 e. The highest BCUT2D eigenvalue weighted by molar-refractivity contribution is 5.26. The van der Waals surface area contributed by atoms with Gasteiger partial charge in [-0.15, -0.1) is 0 Å². The van der Waals surface area contributed by atoms with Crippen molar-refractivity contribution in [3.05, 3.63) is 35.4 Å². The molecule has 4 heteroatoms. The van der Waals surface area contributed by atoms with Gasteiger partial charge in [-0.1, -0.05) is 26.2 Å². The van der Waals surface area contributed by atoms with Crippen LogP contribution in [0, 0.1) is 11.6 Å². The van der Waals surface area contributed by atoms with E-state index in [1.807, 2.05) is 13.8 Å². The van der Waals surface area contributed by atoms with Gasteiger partial charge in [-0.25, -0.2) is 8.78 Å². The fraction of sp³-hybridized carbons (Fsp3) is 0.647. The Morgan fingerprint density at radius 3 is 2.52 bits per heavy atom. The summed E-state index contributed by atoms with van der Waals surface area (Å²) in [4.78, 5) is 0. The molecule has 1 N–H and O–H groups in total. The summed E-state index contributed by atoms with van der Waals surface area (Å²) in [6.07, 6.45) is 5.08. The van der Waals surface area contributed by atoms with Crippen LogP contribution in [-0.2, 0) is 4.74 Å². The smallest absolute Gasteiger partial charge is 0.128 e. The first-order valence-electron chi connectivity index (χ1n) is 7.95. The molecule has 1 aliphatic carbocycles. The van der Waals surface area contributed by atoms with Gasteiger partial charge in [0.25, 0.3) is 0 Å². The number of ether oxygens (including phenoxy) is 1. The van der Waals surface area contributed by atoms with Gasteiger partial charge in [-0.3, -0.25) is 0 Å². The Kier molecular flexibility index (Phi) is 5.71. The summed E-state index contributed by atoms with van der Waals surface area (Å²) in [5, 5.41) is 3.33. The van der Waals surface area contributed by atoms with E-state index in [0.717, 1.165) is 31.7 Å². The van der Waals surface area contributed by atoms with Crippen molar-refractivity contribution in [2.24, 2.45) is 0 Å². The summed E-state index contributed by atoms with van der Waals surface area (Å²) in [6.45, 7) is 5.21. The molecule has 1 unspecified atom stereocenters. The van der Waals surface area contributed by atoms with Crippen LogP contribution in [0.1, 0.15) is 57.6 Å². The van der Waals surface area contributed by atoms with Crippen LogP contribution in [0.2, 0.25) is 0 Å². The molecule has 2 rings (SSSR count). The topological polar surface area (TPSA) is 21.3 Å². The molecule has 1 atom stereocenters. The second-order valence-electron chi connectivity index (χ2n) is 5.71. The SMILES string of the molecule is CCNC(c1cc(F)ccc1F)C1(OCC)CCCCC1. The van der Waals surface area contributed by atoms with E-state index in [4.69, 9.17) is 4.74 Å². The first-order chi connectivity index (χ1) is 10.1. The predicted octanol–water partition coefficient (Wildman–Crippen LogP) is 4.35. The van der Waals surface area contributed by atoms with Crippen molar-refractivity contribution in [2.75, 3.05) is 13.2 Å². The molecule has 118 valence electrons. The quantitative estimate of drug-likeness (QED) is 0.842. The van der Waals surface area contributed by atoms with Crippen molar-refractivity contribution < 1.29 is 13.5 Å². The maximum atomic E-state index is 14.2. The average molecular weight is 297 g/mol. The number of nitrogens with one attached hydrogen (secondary N) is 1. The third-order valence-corrected chi connectivity index (χ3v) is 4.34. The first kappa shape index (κ1) is 16.4. The summed E-state index contributed by atoms with van der Waals surface area (Å²) in [7, 11) is 0. The number of hydrogen-bond acceptors (Lipinski definition) is 2. The van der Waals surface area contributed by atoms with Crippen LogP contribution in [0.3, 0.4) is 0 Å². The van der Waals surface area contributed by atoms with Gasteiger partial charge in [0.05, 0.1) is 11.6 Å². The zero-order chi connectivity index (χ0) is 15.3. The highest BCUT2D eigenvalue weighted by atomic mass is 19.1. The Morgan fingerprint density at radius 1 is 1.19 bits per heavy atom. The maximum Gasteiger partial charge on any atom is 0.128 e. The monoisotopic (exact) mass is 297 g/mol. The van der Waals surface area contributed by atoms with E-state index in [2.05, 4.69) is 5.32 Å². The van der Waals surface area contributed by atoms with Gasteiger partial charge >= 0.3 is 0 Å². The molecule has 0 aromatic heterocycles. The molecule has 0 heterocycles. The minimum absolute atomic E-state index is 0.307. The second kappa shape index (κ2) is 7.32. The van der Waals surface area contributed by atoms with E-state index in [1.54, 1.807) is 0 Å². The molecule has 0 aliphatic heterocycles. The molecular weight excluding hydrogens is 272 g/mol.